The quantitative estimate of drug-likeness (QED) is 0.405. The van der Waals surface area contributed by atoms with Crippen LogP contribution in [-0.4, -0.2) is 0 Å². The molecule has 0 aliphatic heterocycles. The summed E-state index contributed by atoms with van der Waals surface area (Å²) in [5.74, 6) is 5.32. The lowest BCUT2D eigenvalue weighted by Crippen LogP contribution is -2.31. The third-order valence-electron chi connectivity index (χ3n) is 7.00. The largest absolute Gasteiger partial charge is 0.0654 e. The Labute approximate surface area is 140 Å². The van der Waals surface area contributed by atoms with Crippen LogP contribution in [0.25, 0.3) is 0 Å². The van der Waals surface area contributed by atoms with Gasteiger partial charge in [-0.1, -0.05) is 85.0 Å². The molecule has 0 spiro atoms. The van der Waals surface area contributed by atoms with Crippen LogP contribution in [0, 0.1) is 29.6 Å². The van der Waals surface area contributed by atoms with Crippen molar-refractivity contribution in [2.45, 2.75) is 111 Å². The SMILES string of the molecule is CCCCCC[C@H]1CC[C@H](C2CC[C@H](CCC)C[C@H]2C)CC1. The lowest BCUT2D eigenvalue weighted by molar-refractivity contribution is 0.0924. The summed E-state index contributed by atoms with van der Waals surface area (Å²) in [6, 6.07) is 0. The van der Waals surface area contributed by atoms with E-state index in [-0.39, 0.29) is 0 Å². The van der Waals surface area contributed by atoms with Gasteiger partial charge in [0.2, 0.25) is 0 Å². The van der Waals surface area contributed by atoms with Crippen molar-refractivity contribution in [1.29, 1.82) is 0 Å². The van der Waals surface area contributed by atoms with Crippen molar-refractivity contribution in [3.05, 3.63) is 0 Å². The summed E-state index contributed by atoms with van der Waals surface area (Å²) < 4.78 is 0. The van der Waals surface area contributed by atoms with Crippen LogP contribution in [0.15, 0.2) is 0 Å². The molecule has 0 aromatic rings. The zero-order chi connectivity index (χ0) is 15.8. The van der Waals surface area contributed by atoms with Crippen LogP contribution >= 0.6 is 0 Å². The fraction of sp³-hybridized carbons (Fsp3) is 1.00. The van der Waals surface area contributed by atoms with Gasteiger partial charge in [0.25, 0.3) is 0 Å². The first-order valence-corrected chi connectivity index (χ1v) is 10.7. The predicted molar refractivity (Wildman–Crippen MR) is 99.1 cm³/mol. The third-order valence-corrected chi connectivity index (χ3v) is 7.00. The van der Waals surface area contributed by atoms with Crippen molar-refractivity contribution in [2.24, 2.45) is 29.6 Å². The maximum Gasteiger partial charge on any atom is -0.0360 e. The predicted octanol–water partition coefficient (Wildman–Crippen LogP) is 7.62. The molecule has 0 amide bonds. The van der Waals surface area contributed by atoms with Crippen molar-refractivity contribution in [3.63, 3.8) is 0 Å². The molecular formula is C22H42. The first-order chi connectivity index (χ1) is 10.7. The summed E-state index contributed by atoms with van der Waals surface area (Å²) in [4.78, 5) is 0. The number of unbranched alkanes of at least 4 members (excludes halogenated alkanes) is 3. The van der Waals surface area contributed by atoms with Gasteiger partial charge in [-0.2, -0.15) is 0 Å². The molecule has 22 heavy (non-hydrogen) atoms. The molecule has 130 valence electrons. The monoisotopic (exact) mass is 306 g/mol. The van der Waals surface area contributed by atoms with Gasteiger partial charge in [0, 0.05) is 0 Å². The highest BCUT2D eigenvalue weighted by molar-refractivity contribution is 4.85. The third kappa shape index (κ3) is 5.57. The molecule has 0 radical (unpaired) electrons. The Kier molecular flexibility index (Phi) is 8.33. The number of rotatable bonds is 8. The van der Waals surface area contributed by atoms with Gasteiger partial charge >= 0.3 is 0 Å². The van der Waals surface area contributed by atoms with Crippen molar-refractivity contribution >= 4 is 0 Å². The fourth-order valence-electron chi connectivity index (χ4n) is 5.67. The zero-order valence-corrected chi connectivity index (χ0v) is 15.8. The molecule has 0 bridgehead atoms. The smallest absolute Gasteiger partial charge is 0.0360 e. The van der Waals surface area contributed by atoms with Gasteiger partial charge in [-0.15, -0.1) is 0 Å². The lowest BCUT2D eigenvalue weighted by Gasteiger charge is -2.41. The van der Waals surface area contributed by atoms with Gasteiger partial charge in [-0.25, -0.2) is 0 Å². The van der Waals surface area contributed by atoms with Crippen molar-refractivity contribution < 1.29 is 0 Å². The van der Waals surface area contributed by atoms with Crippen molar-refractivity contribution in [1.82, 2.24) is 0 Å². The van der Waals surface area contributed by atoms with Crippen LogP contribution < -0.4 is 0 Å². The number of hydrogen-bond donors (Lipinski definition) is 0. The highest BCUT2D eigenvalue weighted by Gasteiger charge is 2.34. The maximum atomic E-state index is 2.57. The molecule has 0 N–H and O–H groups in total. The Hall–Kier alpha value is 0. The molecule has 0 aromatic carbocycles. The normalized spacial score (nSPS) is 36.4. The van der Waals surface area contributed by atoms with Crippen molar-refractivity contribution in [2.75, 3.05) is 0 Å². The Morgan fingerprint density at radius 1 is 0.682 bits per heavy atom. The van der Waals surface area contributed by atoms with Crippen molar-refractivity contribution in [3.8, 4) is 0 Å². The Bertz CT molecular complexity index is 274. The fourth-order valence-corrected chi connectivity index (χ4v) is 5.67. The zero-order valence-electron chi connectivity index (χ0n) is 15.8. The molecule has 1 unspecified atom stereocenters. The van der Waals surface area contributed by atoms with Gasteiger partial charge < -0.3 is 0 Å². The molecule has 2 saturated carbocycles. The molecule has 2 aliphatic carbocycles. The number of hydrogen-bond acceptors (Lipinski definition) is 0. The topological polar surface area (TPSA) is 0 Å². The van der Waals surface area contributed by atoms with Crippen LogP contribution in [0.4, 0.5) is 0 Å². The average Bonchev–Trinajstić information content (AvgIpc) is 2.53. The van der Waals surface area contributed by atoms with Gasteiger partial charge in [0.05, 0.1) is 0 Å². The molecule has 3 atom stereocenters. The molecule has 0 nitrogen and oxygen atoms in total. The molecular weight excluding hydrogens is 264 g/mol. The maximum absolute atomic E-state index is 2.57. The molecule has 0 aromatic heterocycles. The van der Waals surface area contributed by atoms with E-state index in [4.69, 9.17) is 0 Å². The van der Waals surface area contributed by atoms with E-state index in [9.17, 15) is 0 Å². The molecule has 0 heteroatoms. The second-order valence-corrected chi connectivity index (χ2v) is 8.74. The van der Waals surface area contributed by atoms with E-state index in [1.54, 1.807) is 38.5 Å². The summed E-state index contributed by atoms with van der Waals surface area (Å²) in [7, 11) is 0. The second kappa shape index (κ2) is 9.99. The first kappa shape index (κ1) is 18.3. The summed E-state index contributed by atoms with van der Waals surface area (Å²) in [5, 5.41) is 0. The molecule has 2 rings (SSSR count). The van der Waals surface area contributed by atoms with Gasteiger partial charge in [0.1, 0.15) is 0 Å². The Balaban J connectivity index is 1.66. The highest BCUT2D eigenvalue weighted by atomic mass is 14.4. The molecule has 0 heterocycles. The van der Waals surface area contributed by atoms with Crippen LogP contribution in [0.3, 0.4) is 0 Å². The minimum absolute atomic E-state index is 1.01. The Morgan fingerprint density at radius 3 is 2.05 bits per heavy atom. The second-order valence-electron chi connectivity index (χ2n) is 8.74. The van der Waals surface area contributed by atoms with Crippen LogP contribution in [-0.2, 0) is 0 Å². The Morgan fingerprint density at radius 2 is 1.41 bits per heavy atom. The summed E-state index contributed by atoms with van der Waals surface area (Å²) in [6.45, 7) is 7.25. The van der Waals surface area contributed by atoms with E-state index in [0.717, 1.165) is 29.6 Å². The molecule has 2 fully saturated rings. The summed E-state index contributed by atoms with van der Waals surface area (Å²) >= 11 is 0. The van der Waals surface area contributed by atoms with E-state index in [1.807, 2.05) is 0 Å². The minimum atomic E-state index is 1.01. The van der Waals surface area contributed by atoms with E-state index >= 15 is 0 Å². The van der Waals surface area contributed by atoms with E-state index < -0.39 is 0 Å². The van der Waals surface area contributed by atoms with Crippen LogP contribution in [0.5, 0.6) is 0 Å². The van der Waals surface area contributed by atoms with Gasteiger partial charge in [-0.05, 0) is 55.3 Å². The summed E-state index contributed by atoms with van der Waals surface area (Å²) in [5.41, 5.74) is 0. The summed E-state index contributed by atoms with van der Waals surface area (Å²) in [6.07, 6.45) is 21.1. The first-order valence-electron chi connectivity index (χ1n) is 10.7. The molecule has 2 aliphatic rings. The average molecular weight is 307 g/mol. The van der Waals surface area contributed by atoms with E-state index in [2.05, 4.69) is 20.8 Å². The van der Waals surface area contributed by atoms with Crippen LogP contribution in [0.1, 0.15) is 111 Å². The van der Waals surface area contributed by atoms with Gasteiger partial charge in [-0.3, -0.25) is 0 Å². The highest BCUT2D eigenvalue weighted by Crippen LogP contribution is 2.45. The standard InChI is InChI=1S/C22H42/c1-4-6-7-8-10-19-11-14-21(15-12-19)22-16-13-20(9-5-2)17-18(22)3/h18-22H,4-17H2,1-3H3/t18-,19-,20+,21-,22?/m1/s1. The van der Waals surface area contributed by atoms with Gasteiger partial charge in [0.15, 0.2) is 0 Å². The minimum Gasteiger partial charge on any atom is -0.0654 e. The van der Waals surface area contributed by atoms with E-state index in [1.165, 1.54) is 51.4 Å². The van der Waals surface area contributed by atoms with Crippen LogP contribution in [0.2, 0.25) is 0 Å². The molecule has 0 saturated heterocycles. The van der Waals surface area contributed by atoms with E-state index in [0.29, 0.717) is 0 Å². The lowest BCUT2D eigenvalue weighted by atomic mass is 9.64.